The van der Waals surface area contributed by atoms with Crippen LogP contribution in [0.5, 0.6) is 0 Å². The topological polar surface area (TPSA) is 32.3 Å². The summed E-state index contributed by atoms with van der Waals surface area (Å²) in [6.45, 7) is 6.47. The van der Waals surface area contributed by atoms with Gasteiger partial charge in [0.2, 0.25) is 0 Å². The minimum Gasteiger partial charge on any atom is -0.382 e. The van der Waals surface area contributed by atoms with E-state index in [-0.39, 0.29) is 5.54 Å². The smallest absolute Gasteiger partial charge is 0.120 e. The first-order valence-electron chi connectivity index (χ1n) is 5.41. The lowest BCUT2D eigenvalue weighted by atomic mass is 9.67. The van der Waals surface area contributed by atoms with Crippen molar-refractivity contribution in [3.8, 4) is 0 Å². The number of hydrogen-bond donors (Lipinski definition) is 2. The highest BCUT2D eigenvalue weighted by molar-refractivity contribution is 7.80. The van der Waals surface area contributed by atoms with Crippen LogP contribution in [0.1, 0.15) is 40.0 Å². The van der Waals surface area contributed by atoms with Gasteiger partial charge in [-0.25, -0.2) is 0 Å². The maximum Gasteiger partial charge on any atom is 0.120 e. The minimum absolute atomic E-state index is 0.0357. The van der Waals surface area contributed by atoms with Crippen molar-refractivity contribution in [3.63, 3.8) is 0 Å². The fourth-order valence-electron chi connectivity index (χ4n) is 3.16. The molecule has 0 aromatic heterocycles. The molecule has 0 aromatic carbocycles. The average Bonchev–Trinajstić information content (AvgIpc) is 2.17. The van der Waals surface area contributed by atoms with Crippen LogP contribution >= 0.6 is 12.2 Å². The number of fused-ring (bicyclic) bond motifs is 1. The Bertz CT molecular complexity index is 276. The van der Waals surface area contributed by atoms with E-state index in [2.05, 4.69) is 26.1 Å². The normalized spacial score (nSPS) is 45.9. The molecule has 1 saturated heterocycles. The lowest BCUT2D eigenvalue weighted by molar-refractivity contribution is -0.0114. The van der Waals surface area contributed by atoms with Gasteiger partial charge in [0.1, 0.15) is 10.6 Å². The van der Waals surface area contributed by atoms with E-state index >= 15 is 0 Å². The summed E-state index contributed by atoms with van der Waals surface area (Å²) in [5.41, 5.74) is -0.761. The molecule has 3 atom stereocenters. The second kappa shape index (κ2) is 2.92. The van der Waals surface area contributed by atoms with Crippen LogP contribution in [0.15, 0.2) is 0 Å². The first-order valence-corrected chi connectivity index (χ1v) is 5.82. The summed E-state index contributed by atoms with van der Waals surface area (Å²) < 4.78 is 0. The lowest BCUT2D eigenvalue weighted by Gasteiger charge is -2.40. The average molecular weight is 213 g/mol. The van der Waals surface area contributed by atoms with Gasteiger partial charge in [-0.15, -0.1) is 0 Å². The van der Waals surface area contributed by atoms with Crippen molar-refractivity contribution < 1.29 is 5.11 Å². The molecule has 1 aliphatic carbocycles. The third kappa shape index (κ3) is 1.29. The van der Waals surface area contributed by atoms with E-state index in [1.165, 1.54) is 6.42 Å². The molecule has 1 heterocycles. The molecular formula is C11H19NOS. The largest absolute Gasteiger partial charge is 0.382 e. The van der Waals surface area contributed by atoms with E-state index in [0.717, 1.165) is 12.8 Å². The zero-order valence-corrected chi connectivity index (χ0v) is 9.95. The summed E-state index contributed by atoms with van der Waals surface area (Å²) in [6.07, 6.45) is 3.12. The number of aliphatic hydroxyl groups is 1. The Hall–Kier alpha value is -0.150. The summed E-state index contributed by atoms with van der Waals surface area (Å²) in [4.78, 5) is 0.666. The van der Waals surface area contributed by atoms with Crippen LogP contribution in [0.3, 0.4) is 0 Å². The molecule has 2 nitrogen and oxygen atoms in total. The SMILES string of the molecule is C[C@@H]1CC[C@@H]2C(C)(C)NC(=S)[C@@]2(O)C1. The zero-order valence-electron chi connectivity index (χ0n) is 9.13. The molecule has 1 saturated carbocycles. The van der Waals surface area contributed by atoms with Crippen molar-refractivity contribution in [2.75, 3.05) is 0 Å². The predicted molar refractivity (Wildman–Crippen MR) is 61.3 cm³/mol. The highest BCUT2D eigenvalue weighted by Crippen LogP contribution is 2.47. The van der Waals surface area contributed by atoms with Gasteiger partial charge in [0.05, 0.1) is 0 Å². The molecule has 2 rings (SSSR count). The molecule has 1 aliphatic heterocycles. The first kappa shape index (κ1) is 10.4. The first-order chi connectivity index (χ1) is 6.36. The van der Waals surface area contributed by atoms with E-state index in [4.69, 9.17) is 12.2 Å². The Morgan fingerprint density at radius 1 is 1.43 bits per heavy atom. The third-order valence-corrected chi connectivity index (χ3v) is 4.34. The molecule has 0 aromatic rings. The van der Waals surface area contributed by atoms with Crippen molar-refractivity contribution in [1.82, 2.24) is 5.32 Å². The van der Waals surface area contributed by atoms with Gasteiger partial charge < -0.3 is 10.4 Å². The molecule has 2 fully saturated rings. The quantitative estimate of drug-likeness (QED) is 0.602. The summed E-state index contributed by atoms with van der Waals surface area (Å²) >= 11 is 5.27. The second-order valence-corrected chi connectivity index (χ2v) is 5.95. The molecule has 0 spiro atoms. The summed E-state index contributed by atoms with van der Waals surface area (Å²) in [5, 5.41) is 13.9. The molecule has 0 bridgehead atoms. The Balaban J connectivity index is 2.33. The van der Waals surface area contributed by atoms with Gasteiger partial charge in [-0.1, -0.05) is 25.6 Å². The minimum atomic E-state index is -0.726. The van der Waals surface area contributed by atoms with Crippen molar-refractivity contribution >= 4 is 17.2 Å². The van der Waals surface area contributed by atoms with Gasteiger partial charge in [-0.05, 0) is 32.6 Å². The Morgan fingerprint density at radius 2 is 2.07 bits per heavy atom. The van der Waals surface area contributed by atoms with E-state index in [9.17, 15) is 5.11 Å². The fraction of sp³-hybridized carbons (Fsp3) is 0.909. The van der Waals surface area contributed by atoms with E-state index < -0.39 is 5.60 Å². The van der Waals surface area contributed by atoms with E-state index in [1.54, 1.807) is 0 Å². The predicted octanol–water partition coefficient (Wildman–Crippen LogP) is 1.86. The van der Waals surface area contributed by atoms with Crippen LogP contribution in [0.25, 0.3) is 0 Å². The number of rotatable bonds is 0. The second-order valence-electron chi connectivity index (χ2n) is 5.54. The van der Waals surface area contributed by atoms with Crippen molar-refractivity contribution in [2.45, 2.75) is 51.2 Å². The summed E-state index contributed by atoms with van der Waals surface area (Å²) in [6, 6.07) is 0. The maximum atomic E-state index is 10.6. The Morgan fingerprint density at radius 3 is 2.71 bits per heavy atom. The zero-order chi connectivity index (χ0) is 10.6. The molecule has 3 heteroatoms. The fourth-order valence-corrected chi connectivity index (χ4v) is 3.65. The van der Waals surface area contributed by atoms with Crippen LogP contribution in [0, 0.1) is 11.8 Å². The standard InChI is InChI=1S/C11H19NOS/c1-7-4-5-8-10(2,3)12-9(14)11(8,13)6-7/h7-8,13H,4-6H2,1-3H3,(H,12,14)/t7-,8-,11-/m1/s1. The van der Waals surface area contributed by atoms with Crippen LogP contribution < -0.4 is 5.32 Å². The molecular weight excluding hydrogens is 194 g/mol. The molecule has 0 amide bonds. The van der Waals surface area contributed by atoms with Crippen molar-refractivity contribution in [1.29, 1.82) is 0 Å². The van der Waals surface area contributed by atoms with Gasteiger partial charge >= 0.3 is 0 Å². The number of hydrogen-bond acceptors (Lipinski definition) is 2. The number of nitrogens with one attached hydrogen (secondary N) is 1. The molecule has 0 radical (unpaired) electrons. The molecule has 2 N–H and O–H groups in total. The summed E-state index contributed by atoms with van der Waals surface area (Å²) in [5.74, 6) is 0.878. The highest BCUT2D eigenvalue weighted by Gasteiger charge is 2.56. The monoisotopic (exact) mass is 213 g/mol. The Kier molecular flexibility index (Phi) is 2.16. The van der Waals surface area contributed by atoms with Crippen molar-refractivity contribution in [3.05, 3.63) is 0 Å². The number of thiocarbonyl (C=S) groups is 1. The molecule has 14 heavy (non-hydrogen) atoms. The van der Waals surface area contributed by atoms with Gasteiger partial charge in [-0.2, -0.15) is 0 Å². The van der Waals surface area contributed by atoms with Gasteiger partial charge in [0, 0.05) is 11.5 Å². The summed E-state index contributed by atoms with van der Waals surface area (Å²) in [7, 11) is 0. The molecule has 2 aliphatic rings. The third-order valence-electron chi connectivity index (χ3n) is 3.88. The maximum absolute atomic E-state index is 10.6. The van der Waals surface area contributed by atoms with Crippen LogP contribution in [-0.4, -0.2) is 21.2 Å². The van der Waals surface area contributed by atoms with E-state index in [1.807, 2.05) is 0 Å². The van der Waals surface area contributed by atoms with Gasteiger partial charge in [0.15, 0.2) is 0 Å². The van der Waals surface area contributed by atoms with Gasteiger partial charge in [0.25, 0.3) is 0 Å². The molecule has 80 valence electrons. The molecule has 0 unspecified atom stereocenters. The van der Waals surface area contributed by atoms with Crippen LogP contribution in [0.4, 0.5) is 0 Å². The van der Waals surface area contributed by atoms with Gasteiger partial charge in [-0.3, -0.25) is 0 Å². The van der Waals surface area contributed by atoms with E-state index in [0.29, 0.717) is 16.8 Å². The lowest BCUT2D eigenvalue weighted by Crippen LogP contribution is -2.47. The van der Waals surface area contributed by atoms with Crippen LogP contribution in [-0.2, 0) is 0 Å². The highest BCUT2D eigenvalue weighted by atomic mass is 32.1. The van der Waals surface area contributed by atoms with Crippen molar-refractivity contribution in [2.24, 2.45) is 11.8 Å². The van der Waals surface area contributed by atoms with Crippen LogP contribution in [0.2, 0.25) is 0 Å². The Labute approximate surface area is 91.1 Å².